The molecule has 2 aromatic carbocycles. The second-order valence-corrected chi connectivity index (χ2v) is 6.01. The van der Waals surface area contributed by atoms with Gasteiger partial charge in [-0.2, -0.15) is 0 Å². The molecule has 23 heavy (non-hydrogen) atoms. The first-order valence-electron chi connectivity index (χ1n) is 8.00. The maximum absolute atomic E-state index is 6.11. The first-order valence-corrected chi connectivity index (χ1v) is 8.38. The summed E-state index contributed by atoms with van der Waals surface area (Å²) in [7, 11) is 0. The van der Waals surface area contributed by atoms with E-state index in [0.29, 0.717) is 17.3 Å². The van der Waals surface area contributed by atoms with Crippen molar-refractivity contribution in [2.75, 3.05) is 11.9 Å². The Labute approximate surface area is 143 Å². The molecule has 0 saturated carbocycles. The van der Waals surface area contributed by atoms with E-state index in [9.17, 15) is 0 Å². The Hall–Kier alpha value is -1.87. The molecule has 0 aliphatic carbocycles. The van der Waals surface area contributed by atoms with Crippen molar-refractivity contribution < 1.29 is 9.47 Å². The molecule has 0 spiro atoms. The minimum atomic E-state index is -0.00552. The van der Waals surface area contributed by atoms with E-state index in [-0.39, 0.29) is 12.2 Å². The van der Waals surface area contributed by atoms with Crippen LogP contribution in [-0.4, -0.2) is 18.8 Å². The van der Waals surface area contributed by atoms with Crippen molar-refractivity contribution in [3.8, 4) is 11.5 Å². The number of nitrogens with one attached hydrogen (secondary N) is 1. The van der Waals surface area contributed by atoms with Gasteiger partial charge in [-0.05, 0) is 44.5 Å². The fourth-order valence-electron chi connectivity index (χ4n) is 2.06. The van der Waals surface area contributed by atoms with Crippen LogP contribution in [0.2, 0.25) is 5.02 Å². The molecule has 124 valence electrons. The van der Waals surface area contributed by atoms with Crippen LogP contribution in [0.5, 0.6) is 11.5 Å². The average molecular weight is 334 g/mol. The first kappa shape index (κ1) is 17.5. The van der Waals surface area contributed by atoms with E-state index in [0.717, 1.165) is 17.9 Å². The summed E-state index contributed by atoms with van der Waals surface area (Å²) in [5, 5.41) is 4.00. The second-order valence-electron chi connectivity index (χ2n) is 5.60. The smallest absolute Gasteiger partial charge is 0.138 e. The van der Waals surface area contributed by atoms with E-state index >= 15 is 0 Å². The highest BCUT2D eigenvalue weighted by Gasteiger charge is 2.07. The Balaban J connectivity index is 1.88. The second kappa shape index (κ2) is 8.68. The number of hydrogen-bond acceptors (Lipinski definition) is 3. The molecule has 0 radical (unpaired) electrons. The van der Waals surface area contributed by atoms with Crippen molar-refractivity contribution in [2.24, 2.45) is 0 Å². The molecule has 4 heteroatoms. The van der Waals surface area contributed by atoms with Gasteiger partial charge in [0.15, 0.2) is 0 Å². The van der Waals surface area contributed by atoms with Crippen LogP contribution in [0.1, 0.15) is 27.2 Å². The highest BCUT2D eigenvalue weighted by molar-refractivity contribution is 6.32. The quantitative estimate of drug-likeness (QED) is 0.702. The SMILES string of the molecule is CC[C@H](C)Oc1cccc(NC[C@@H](C)Oc2ccccc2Cl)c1. The Bertz CT molecular complexity index is 618. The van der Waals surface area contributed by atoms with Crippen molar-refractivity contribution in [1.29, 1.82) is 0 Å². The fraction of sp³-hybridized carbons (Fsp3) is 0.368. The molecule has 0 fully saturated rings. The Kier molecular flexibility index (Phi) is 6.60. The van der Waals surface area contributed by atoms with Crippen LogP contribution in [0.3, 0.4) is 0 Å². The van der Waals surface area contributed by atoms with E-state index in [4.69, 9.17) is 21.1 Å². The van der Waals surface area contributed by atoms with Gasteiger partial charge in [0.25, 0.3) is 0 Å². The summed E-state index contributed by atoms with van der Waals surface area (Å²) in [6.07, 6.45) is 1.20. The average Bonchev–Trinajstić information content (AvgIpc) is 2.55. The van der Waals surface area contributed by atoms with Crippen LogP contribution < -0.4 is 14.8 Å². The third-order valence-electron chi connectivity index (χ3n) is 3.50. The zero-order valence-electron chi connectivity index (χ0n) is 13.9. The van der Waals surface area contributed by atoms with E-state index in [1.807, 2.05) is 55.5 Å². The Morgan fingerprint density at radius 1 is 1.00 bits per heavy atom. The third-order valence-corrected chi connectivity index (χ3v) is 3.82. The van der Waals surface area contributed by atoms with Crippen molar-refractivity contribution in [2.45, 2.75) is 39.4 Å². The fourth-order valence-corrected chi connectivity index (χ4v) is 2.24. The maximum Gasteiger partial charge on any atom is 0.138 e. The third kappa shape index (κ3) is 5.68. The number of ether oxygens (including phenoxy) is 2. The van der Waals surface area contributed by atoms with Gasteiger partial charge in [0.2, 0.25) is 0 Å². The lowest BCUT2D eigenvalue weighted by Crippen LogP contribution is -2.22. The zero-order valence-corrected chi connectivity index (χ0v) is 14.6. The predicted molar refractivity (Wildman–Crippen MR) is 96.9 cm³/mol. The van der Waals surface area contributed by atoms with Crippen LogP contribution in [0.25, 0.3) is 0 Å². The summed E-state index contributed by atoms with van der Waals surface area (Å²) in [5.74, 6) is 1.58. The Morgan fingerprint density at radius 2 is 1.78 bits per heavy atom. The van der Waals surface area contributed by atoms with Crippen molar-refractivity contribution in [1.82, 2.24) is 0 Å². The molecule has 0 unspecified atom stereocenters. The molecule has 0 saturated heterocycles. The summed E-state index contributed by atoms with van der Waals surface area (Å²) in [6.45, 7) is 6.87. The van der Waals surface area contributed by atoms with Crippen molar-refractivity contribution in [3.05, 3.63) is 53.6 Å². The molecule has 0 aliphatic rings. The maximum atomic E-state index is 6.11. The molecule has 2 atom stereocenters. The summed E-state index contributed by atoms with van der Waals surface area (Å²) in [5.41, 5.74) is 1.01. The summed E-state index contributed by atoms with van der Waals surface area (Å²) >= 11 is 6.11. The minimum absolute atomic E-state index is 0.00552. The number of rotatable bonds is 8. The van der Waals surface area contributed by atoms with Crippen LogP contribution in [0.15, 0.2) is 48.5 Å². The molecule has 3 nitrogen and oxygen atoms in total. The predicted octanol–water partition coefficient (Wildman–Crippen LogP) is 5.40. The summed E-state index contributed by atoms with van der Waals surface area (Å²) in [6, 6.07) is 15.5. The largest absolute Gasteiger partial charge is 0.491 e. The van der Waals surface area contributed by atoms with E-state index < -0.39 is 0 Å². The molecule has 0 aliphatic heterocycles. The first-order chi connectivity index (χ1) is 11.1. The van der Waals surface area contributed by atoms with Crippen molar-refractivity contribution >= 4 is 17.3 Å². The lowest BCUT2D eigenvalue weighted by atomic mass is 10.2. The summed E-state index contributed by atoms with van der Waals surface area (Å²) < 4.78 is 11.7. The van der Waals surface area contributed by atoms with Gasteiger partial charge >= 0.3 is 0 Å². The van der Waals surface area contributed by atoms with Crippen molar-refractivity contribution in [3.63, 3.8) is 0 Å². The van der Waals surface area contributed by atoms with E-state index in [1.54, 1.807) is 0 Å². The standard InChI is InChI=1S/C19H24ClNO2/c1-4-14(2)22-17-9-7-8-16(12-17)21-13-15(3)23-19-11-6-5-10-18(19)20/h5-12,14-15,21H,4,13H2,1-3H3/t14-,15+/m0/s1. The van der Waals surface area contributed by atoms with E-state index in [1.165, 1.54) is 0 Å². The van der Waals surface area contributed by atoms with Gasteiger partial charge in [-0.1, -0.05) is 36.7 Å². The number of halogens is 1. The van der Waals surface area contributed by atoms with E-state index in [2.05, 4.69) is 19.2 Å². The minimum Gasteiger partial charge on any atom is -0.491 e. The molecule has 0 bridgehead atoms. The lowest BCUT2D eigenvalue weighted by molar-refractivity contribution is 0.217. The number of hydrogen-bond donors (Lipinski definition) is 1. The molecular weight excluding hydrogens is 310 g/mol. The van der Waals surface area contributed by atoms with Gasteiger partial charge < -0.3 is 14.8 Å². The van der Waals surface area contributed by atoms with Gasteiger partial charge in [-0.25, -0.2) is 0 Å². The van der Waals surface area contributed by atoms with Crippen LogP contribution in [-0.2, 0) is 0 Å². The highest BCUT2D eigenvalue weighted by atomic mass is 35.5. The van der Waals surface area contributed by atoms with Crippen LogP contribution >= 0.6 is 11.6 Å². The molecule has 0 amide bonds. The molecule has 2 rings (SSSR count). The molecule has 0 aromatic heterocycles. The van der Waals surface area contributed by atoms with Gasteiger partial charge in [-0.15, -0.1) is 0 Å². The van der Waals surface area contributed by atoms with Crippen LogP contribution in [0.4, 0.5) is 5.69 Å². The molecular formula is C19H24ClNO2. The molecule has 1 N–H and O–H groups in total. The normalized spacial score (nSPS) is 13.2. The van der Waals surface area contributed by atoms with Gasteiger partial charge in [0.05, 0.1) is 17.7 Å². The topological polar surface area (TPSA) is 30.5 Å². The molecule has 2 aromatic rings. The number of anilines is 1. The monoisotopic (exact) mass is 333 g/mol. The van der Waals surface area contributed by atoms with Gasteiger partial charge in [0, 0.05) is 11.8 Å². The Morgan fingerprint density at radius 3 is 2.52 bits per heavy atom. The molecule has 0 heterocycles. The van der Waals surface area contributed by atoms with Gasteiger partial charge in [0.1, 0.15) is 17.6 Å². The number of para-hydroxylation sites is 1. The zero-order chi connectivity index (χ0) is 16.7. The summed E-state index contributed by atoms with van der Waals surface area (Å²) in [4.78, 5) is 0. The van der Waals surface area contributed by atoms with Crippen LogP contribution in [0, 0.1) is 0 Å². The lowest BCUT2D eigenvalue weighted by Gasteiger charge is -2.18. The highest BCUT2D eigenvalue weighted by Crippen LogP contribution is 2.24. The van der Waals surface area contributed by atoms with Gasteiger partial charge in [-0.3, -0.25) is 0 Å². The number of benzene rings is 2.